The summed E-state index contributed by atoms with van der Waals surface area (Å²) in [5.74, 6) is 1.32. The van der Waals surface area contributed by atoms with Gasteiger partial charge in [-0.2, -0.15) is 0 Å². The number of pyridine rings is 1. The van der Waals surface area contributed by atoms with Crippen molar-refractivity contribution in [2.45, 2.75) is 35.7 Å². The van der Waals surface area contributed by atoms with E-state index in [2.05, 4.69) is 19.2 Å². The number of aliphatic hydroxyl groups excluding tert-OH is 1. The molecule has 0 aliphatic carbocycles. The lowest BCUT2D eigenvalue weighted by Gasteiger charge is -2.37. The van der Waals surface area contributed by atoms with Crippen molar-refractivity contribution in [3.63, 3.8) is 0 Å². The molecule has 0 saturated carbocycles. The number of anilines is 2. The van der Waals surface area contributed by atoms with E-state index in [9.17, 15) is 9.32 Å². The number of aliphatic hydroxyl groups is 1. The summed E-state index contributed by atoms with van der Waals surface area (Å²) in [7, 11) is -0.746. The molecule has 37 heavy (non-hydrogen) atoms. The van der Waals surface area contributed by atoms with Crippen LogP contribution in [-0.4, -0.2) is 97.3 Å². The van der Waals surface area contributed by atoms with Crippen molar-refractivity contribution >= 4 is 44.4 Å². The van der Waals surface area contributed by atoms with Crippen LogP contribution in [-0.2, 0) is 30.4 Å². The van der Waals surface area contributed by atoms with Crippen molar-refractivity contribution in [2.24, 2.45) is 9.36 Å². The fourth-order valence-corrected chi connectivity index (χ4v) is 6.37. The van der Waals surface area contributed by atoms with Crippen LogP contribution in [0.5, 0.6) is 0 Å². The van der Waals surface area contributed by atoms with Gasteiger partial charge in [0.25, 0.3) is 0 Å². The van der Waals surface area contributed by atoms with Crippen molar-refractivity contribution in [1.29, 1.82) is 0 Å². The topological polar surface area (TPSA) is 109 Å². The minimum Gasteiger partial charge on any atom is -0.472 e. The average molecular weight is 548 g/mol. The monoisotopic (exact) mass is 547 g/mol. The first-order valence-corrected chi connectivity index (χ1v) is 14.7. The fourth-order valence-electron chi connectivity index (χ4n) is 5.25. The van der Waals surface area contributed by atoms with Crippen LogP contribution in [0.25, 0.3) is 0 Å². The maximum Gasteiger partial charge on any atom is 0.195 e. The number of aromatic nitrogens is 1. The molecule has 3 saturated heterocycles. The van der Waals surface area contributed by atoms with E-state index in [0.717, 1.165) is 54.0 Å². The van der Waals surface area contributed by atoms with Crippen LogP contribution >= 0.6 is 11.6 Å². The zero-order chi connectivity index (χ0) is 25.7. The number of fused-ring (bicyclic) bond motifs is 2. The quantitative estimate of drug-likeness (QED) is 0.621. The Morgan fingerprint density at radius 3 is 2.54 bits per heavy atom. The Morgan fingerprint density at radius 2 is 1.81 bits per heavy atom. The summed E-state index contributed by atoms with van der Waals surface area (Å²) in [4.78, 5) is 14.7. The number of benzene rings is 1. The van der Waals surface area contributed by atoms with Crippen LogP contribution < -0.4 is 9.80 Å². The first-order chi connectivity index (χ1) is 17.8. The lowest BCUT2D eigenvalue weighted by Crippen LogP contribution is -2.47. The predicted molar refractivity (Wildman–Crippen MR) is 142 cm³/mol. The highest BCUT2D eigenvalue weighted by Gasteiger charge is 2.49. The molecule has 6 rings (SSSR count). The molecule has 2 aromatic rings. The maximum absolute atomic E-state index is 12.5. The fraction of sp³-hybridized carbons (Fsp3) is 0.520. The number of rotatable bonds is 4. The zero-order valence-electron chi connectivity index (χ0n) is 20.7. The summed E-state index contributed by atoms with van der Waals surface area (Å²) >= 11 is 6.64. The van der Waals surface area contributed by atoms with Crippen LogP contribution in [0, 0.1) is 0 Å². The molecule has 1 unspecified atom stereocenters. The third kappa shape index (κ3) is 4.67. The van der Waals surface area contributed by atoms with E-state index in [1.807, 2.05) is 30.3 Å². The van der Waals surface area contributed by atoms with Gasteiger partial charge in [0, 0.05) is 50.1 Å². The first-order valence-electron chi connectivity index (χ1n) is 12.4. The van der Waals surface area contributed by atoms with Gasteiger partial charge in [-0.15, -0.1) is 0 Å². The van der Waals surface area contributed by atoms with Crippen LogP contribution in [0.3, 0.4) is 0 Å². The molecule has 1 aromatic heterocycles. The van der Waals surface area contributed by atoms with E-state index in [0.29, 0.717) is 23.9 Å². The van der Waals surface area contributed by atoms with Crippen molar-refractivity contribution < 1.29 is 23.5 Å². The first kappa shape index (κ1) is 24.9. The average Bonchev–Trinajstić information content (AvgIpc) is 3.60. The molecule has 0 bridgehead atoms. The highest BCUT2D eigenvalue weighted by molar-refractivity contribution is 7.93. The SMILES string of the molecule is CN=S(C)(=O)c1ccc(N2CCN(c3nc4c(cc3Cl)N=C(O[C@@H]3CO[C@H]5[C@@H]3OC[C@H]5O)C4)CC2)cc1. The van der Waals surface area contributed by atoms with E-state index in [1.165, 1.54) is 0 Å². The molecule has 0 amide bonds. The smallest absolute Gasteiger partial charge is 0.195 e. The minimum atomic E-state index is -2.33. The Bertz CT molecular complexity index is 1340. The van der Waals surface area contributed by atoms with E-state index < -0.39 is 15.8 Å². The molecular weight excluding hydrogens is 518 g/mol. The largest absolute Gasteiger partial charge is 0.472 e. The van der Waals surface area contributed by atoms with Gasteiger partial charge in [-0.1, -0.05) is 11.6 Å². The van der Waals surface area contributed by atoms with Crippen LogP contribution in [0.4, 0.5) is 17.2 Å². The van der Waals surface area contributed by atoms with Crippen molar-refractivity contribution in [1.82, 2.24) is 4.98 Å². The Kier molecular flexibility index (Phi) is 6.52. The third-order valence-electron chi connectivity index (χ3n) is 7.41. The molecule has 198 valence electrons. The van der Waals surface area contributed by atoms with Crippen LogP contribution in [0.15, 0.2) is 44.6 Å². The third-order valence-corrected chi connectivity index (χ3v) is 9.54. The minimum absolute atomic E-state index is 0.260. The number of hydrogen-bond donors (Lipinski definition) is 1. The molecule has 5 heterocycles. The van der Waals surface area contributed by atoms with E-state index >= 15 is 0 Å². The maximum atomic E-state index is 12.5. The Hall–Kier alpha value is -2.44. The highest BCUT2D eigenvalue weighted by atomic mass is 35.5. The van der Waals surface area contributed by atoms with Crippen molar-refractivity contribution in [3.05, 3.63) is 41.0 Å². The molecule has 1 aromatic carbocycles. The lowest BCUT2D eigenvalue weighted by molar-refractivity contribution is 0.00558. The van der Waals surface area contributed by atoms with Gasteiger partial charge >= 0.3 is 0 Å². The molecule has 12 heteroatoms. The molecular formula is C25H30ClN5O5S. The second-order valence-corrected chi connectivity index (χ2v) is 12.6. The standard InChI is InChI=1S/C25H30ClN5O5S/c1-27-37(2,33)16-5-3-15(4-6-16)30-7-9-31(10-8-30)25-17(26)11-18-19(29-25)12-22(28-18)36-21-14-35-23-20(32)13-34-24(21)23/h3-6,11,20-21,23-24,32H,7-10,12-14H2,1-2H3/t20-,21-,23-,24-,37?/m1/s1. The molecule has 0 radical (unpaired) electrons. The molecule has 4 aliphatic rings. The van der Waals surface area contributed by atoms with Gasteiger partial charge in [0.15, 0.2) is 12.0 Å². The second-order valence-electron chi connectivity index (χ2n) is 9.71. The number of halogens is 1. The number of piperazine rings is 1. The number of nitrogens with zero attached hydrogens (tertiary/aromatic N) is 5. The van der Waals surface area contributed by atoms with Gasteiger partial charge in [0.2, 0.25) is 0 Å². The van der Waals surface area contributed by atoms with Gasteiger partial charge in [0.1, 0.15) is 24.1 Å². The molecule has 5 atom stereocenters. The Morgan fingerprint density at radius 1 is 1.11 bits per heavy atom. The predicted octanol–water partition coefficient (Wildman–Crippen LogP) is 2.28. The van der Waals surface area contributed by atoms with Crippen LogP contribution in [0.1, 0.15) is 5.69 Å². The zero-order valence-corrected chi connectivity index (χ0v) is 22.3. The normalized spacial score (nSPS) is 28.5. The lowest BCUT2D eigenvalue weighted by atomic mass is 10.1. The highest BCUT2D eigenvalue weighted by Crippen LogP contribution is 2.36. The Labute approximate surface area is 221 Å². The molecule has 1 N–H and O–H groups in total. The van der Waals surface area contributed by atoms with Gasteiger partial charge in [-0.05, 0) is 30.3 Å². The van der Waals surface area contributed by atoms with Gasteiger partial charge in [0.05, 0.1) is 45.8 Å². The summed E-state index contributed by atoms with van der Waals surface area (Å²) in [6.07, 6.45) is 0.594. The van der Waals surface area contributed by atoms with Gasteiger partial charge in [-0.3, -0.25) is 0 Å². The van der Waals surface area contributed by atoms with Crippen molar-refractivity contribution in [2.75, 3.05) is 62.5 Å². The second kappa shape index (κ2) is 9.70. The summed E-state index contributed by atoms with van der Waals surface area (Å²) in [6, 6.07) is 9.66. The summed E-state index contributed by atoms with van der Waals surface area (Å²) in [5.41, 5.74) is 2.64. The number of hydrogen-bond acceptors (Lipinski definition) is 10. The molecule has 0 spiro atoms. The molecule has 3 fully saturated rings. The number of aliphatic imine (C=N–C) groups is 1. The molecule has 4 aliphatic heterocycles. The van der Waals surface area contributed by atoms with Gasteiger partial charge < -0.3 is 29.1 Å². The van der Waals surface area contributed by atoms with E-state index in [1.54, 1.807) is 13.3 Å². The van der Waals surface area contributed by atoms with Gasteiger partial charge in [-0.25, -0.2) is 18.5 Å². The molecule has 10 nitrogen and oxygen atoms in total. The van der Waals surface area contributed by atoms with E-state index in [4.69, 9.17) is 30.8 Å². The van der Waals surface area contributed by atoms with E-state index in [-0.39, 0.29) is 24.9 Å². The summed E-state index contributed by atoms with van der Waals surface area (Å²) in [5, 5.41) is 10.5. The number of ether oxygens (including phenoxy) is 3. The Balaban J connectivity index is 1.09. The van der Waals surface area contributed by atoms with Crippen LogP contribution in [0.2, 0.25) is 5.02 Å². The summed E-state index contributed by atoms with van der Waals surface area (Å²) in [6.45, 7) is 3.79. The summed E-state index contributed by atoms with van der Waals surface area (Å²) < 4.78 is 33.9. The van der Waals surface area contributed by atoms with Crippen molar-refractivity contribution in [3.8, 4) is 0 Å².